The van der Waals surface area contributed by atoms with Crippen molar-refractivity contribution >= 4 is 23.3 Å². The molecule has 2 amide bonds. The summed E-state index contributed by atoms with van der Waals surface area (Å²) in [7, 11) is 0. The molecule has 1 fully saturated rings. The predicted octanol–water partition coefficient (Wildman–Crippen LogP) is 2.43. The topological polar surface area (TPSA) is 62.7 Å². The van der Waals surface area contributed by atoms with Gasteiger partial charge >= 0.3 is 6.09 Å². The molecule has 0 saturated carbocycles. The molecule has 0 bridgehead atoms. The van der Waals surface area contributed by atoms with Gasteiger partial charge in [0, 0.05) is 11.4 Å². The Morgan fingerprint density at radius 1 is 1.33 bits per heavy atom. The van der Waals surface area contributed by atoms with Crippen molar-refractivity contribution in [1.29, 1.82) is 0 Å². The molecule has 0 N–H and O–H groups in total. The first-order chi connectivity index (χ1) is 11.6. The van der Waals surface area contributed by atoms with Gasteiger partial charge in [-0.1, -0.05) is 30.3 Å². The van der Waals surface area contributed by atoms with Crippen molar-refractivity contribution in [3.05, 3.63) is 52.0 Å². The molecular formula is C17H19N3O3S. The highest BCUT2D eigenvalue weighted by molar-refractivity contribution is 7.09. The van der Waals surface area contributed by atoms with E-state index >= 15 is 0 Å². The van der Waals surface area contributed by atoms with Crippen LogP contribution in [0.4, 0.5) is 4.79 Å². The second-order valence-electron chi connectivity index (χ2n) is 5.63. The maximum atomic E-state index is 12.7. The van der Waals surface area contributed by atoms with Crippen LogP contribution in [0.5, 0.6) is 0 Å². The van der Waals surface area contributed by atoms with Crippen molar-refractivity contribution in [1.82, 2.24) is 14.8 Å². The Morgan fingerprint density at radius 3 is 2.75 bits per heavy atom. The lowest BCUT2D eigenvalue weighted by Crippen LogP contribution is -2.40. The van der Waals surface area contributed by atoms with E-state index in [0.29, 0.717) is 26.2 Å². The van der Waals surface area contributed by atoms with Crippen molar-refractivity contribution in [2.45, 2.75) is 20.0 Å². The van der Waals surface area contributed by atoms with Crippen LogP contribution in [0, 0.1) is 6.92 Å². The number of nitrogens with zero attached hydrogens (tertiary/aromatic N) is 3. The molecule has 1 aromatic heterocycles. The predicted molar refractivity (Wildman–Crippen MR) is 90.5 cm³/mol. The zero-order valence-corrected chi connectivity index (χ0v) is 14.3. The van der Waals surface area contributed by atoms with Crippen molar-refractivity contribution in [3.63, 3.8) is 0 Å². The quantitative estimate of drug-likeness (QED) is 0.807. The lowest BCUT2D eigenvalue weighted by molar-refractivity contribution is -0.132. The van der Waals surface area contributed by atoms with Crippen molar-refractivity contribution in [2.75, 3.05) is 19.7 Å². The van der Waals surface area contributed by atoms with Crippen LogP contribution in [0.2, 0.25) is 0 Å². The van der Waals surface area contributed by atoms with E-state index in [1.807, 2.05) is 37.3 Å². The third-order valence-corrected chi connectivity index (χ3v) is 4.84. The van der Waals surface area contributed by atoms with Crippen LogP contribution < -0.4 is 0 Å². The third-order valence-electron chi connectivity index (χ3n) is 3.92. The van der Waals surface area contributed by atoms with E-state index in [4.69, 9.17) is 4.74 Å². The largest absolute Gasteiger partial charge is 0.448 e. The highest BCUT2D eigenvalue weighted by Gasteiger charge is 2.27. The summed E-state index contributed by atoms with van der Waals surface area (Å²) in [6, 6.07) is 9.83. The van der Waals surface area contributed by atoms with Gasteiger partial charge in [-0.25, -0.2) is 9.78 Å². The summed E-state index contributed by atoms with van der Waals surface area (Å²) in [5.41, 5.74) is 3.77. The zero-order valence-electron chi connectivity index (χ0n) is 13.5. The van der Waals surface area contributed by atoms with Crippen LogP contribution in [0.3, 0.4) is 0 Å². The number of ether oxygens (including phenoxy) is 1. The van der Waals surface area contributed by atoms with Gasteiger partial charge in [0.2, 0.25) is 5.91 Å². The Balaban J connectivity index is 1.74. The molecule has 3 rings (SSSR count). The number of carbonyl (C=O) groups is 2. The average molecular weight is 345 g/mol. The smallest absolute Gasteiger partial charge is 0.410 e. The van der Waals surface area contributed by atoms with Gasteiger partial charge in [-0.05, 0) is 12.5 Å². The monoisotopic (exact) mass is 345 g/mol. The minimum atomic E-state index is -0.419. The fraction of sp³-hybridized carbons (Fsp3) is 0.353. The molecule has 126 valence electrons. The third kappa shape index (κ3) is 3.91. The van der Waals surface area contributed by atoms with Crippen LogP contribution in [-0.4, -0.2) is 46.5 Å². The van der Waals surface area contributed by atoms with Gasteiger partial charge in [0.1, 0.15) is 13.2 Å². The first-order valence-corrected chi connectivity index (χ1v) is 8.64. The summed E-state index contributed by atoms with van der Waals surface area (Å²) in [5.74, 6) is -0.0921. The number of aryl methyl sites for hydroxylation is 1. The zero-order chi connectivity index (χ0) is 16.9. The van der Waals surface area contributed by atoms with E-state index in [9.17, 15) is 9.59 Å². The molecule has 2 aromatic rings. The normalized spacial score (nSPS) is 13.9. The van der Waals surface area contributed by atoms with Gasteiger partial charge in [0.05, 0.1) is 24.3 Å². The molecule has 0 spiro atoms. The van der Waals surface area contributed by atoms with Gasteiger partial charge in [-0.15, -0.1) is 11.3 Å². The fourth-order valence-corrected chi connectivity index (χ4v) is 3.31. The Kier molecular flexibility index (Phi) is 5.10. The number of rotatable bonds is 6. The van der Waals surface area contributed by atoms with E-state index < -0.39 is 6.09 Å². The van der Waals surface area contributed by atoms with Crippen molar-refractivity contribution in [2.24, 2.45) is 0 Å². The van der Waals surface area contributed by atoms with E-state index in [-0.39, 0.29) is 12.5 Å². The molecule has 0 aliphatic carbocycles. The number of amides is 2. The Labute approximate surface area is 144 Å². The minimum Gasteiger partial charge on any atom is -0.448 e. The molecular weight excluding hydrogens is 326 g/mol. The number of hydrogen-bond acceptors (Lipinski definition) is 5. The molecule has 1 aromatic carbocycles. The maximum Gasteiger partial charge on any atom is 0.410 e. The van der Waals surface area contributed by atoms with Crippen molar-refractivity contribution in [3.8, 4) is 0 Å². The summed E-state index contributed by atoms with van der Waals surface area (Å²) in [6.07, 6.45) is -0.419. The number of cyclic esters (lactones) is 1. The van der Waals surface area contributed by atoms with Crippen LogP contribution in [0.1, 0.15) is 16.1 Å². The first kappa shape index (κ1) is 16.4. The molecule has 2 heterocycles. The number of benzene rings is 1. The van der Waals surface area contributed by atoms with Crippen LogP contribution in [0.15, 0.2) is 35.8 Å². The van der Waals surface area contributed by atoms with Crippen molar-refractivity contribution < 1.29 is 14.3 Å². The molecule has 6 nitrogen and oxygen atoms in total. The second-order valence-corrected chi connectivity index (χ2v) is 6.57. The lowest BCUT2D eigenvalue weighted by atomic mass is 10.2. The van der Waals surface area contributed by atoms with E-state index in [1.54, 1.807) is 10.4 Å². The molecule has 0 radical (unpaired) electrons. The van der Waals surface area contributed by atoms with Gasteiger partial charge < -0.3 is 9.64 Å². The fourth-order valence-electron chi connectivity index (χ4n) is 2.52. The number of hydrogen-bond donors (Lipinski definition) is 0. The number of aromatic nitrogens is 1. The van der Waals surface area contributed by atoms with Crippen LogP contribution in [0.25, 0.3) is 0 Å². The molecule has 1 aliphatic rings. The number of thiazole rings is 1. The molecule has 0 unspecified atom stereocenters. The van der Waals surface area contributed by atoms with E-state index in [1.165, 1.54) is 16.2 Å². The summed E-state index contributed by atoms with van der Waals surface area (Å²) < 4.78 is 4.90. The summed E-state index contributed by atoms with van der Waals surface area (Å²) in [6.45, 7) is 3.79. The average Bonchev–Trinajstić information content (AvgIpc) is 3.17. The summed E-state index contributed by atoms with van der Waals surface area (Å²) in [5, 5.41) is 0. The molecule has 1 saturated heterocycles. The Morgan fingerprint density at radius 2 is 2.12 bits per heavy atom. The van der Waals surface area contributed by atoms with Gasteiger partial charge in [-0.3, -0.25) is 9.69 Å². The lowest BCUT2D eigenvalue weighted by Gasteiger charge is -2.24. The highest BCUT2D eigenvalue weighted by Crippen LogP contribution is 2.18. The molecule has 24 heavy (non-hydrogen) atoms. The second kappa shape index (κ2) is 7.44. The van der Waals surface area contributed by atoms with E-state index in [0.717, 1.165) is 16.1 Å². The van der Waals surface area contributed by atoms with Crippen LogP contribution in [-0.2, 0) is 22.6 Å². The molecule has 1 aliphatic heterocycles. The maximum absolute atomic E-state index is 12.7. The van der Waals surface area contributed by atoms with Gasteiger partial charge in [-0.2, -0.15) is 0 Å². The Bertz CT molecular complexity index is 717. The highest BCUT2D eigenvalue weighted by atomic mass is 32.1. The van der Waals surface area contributed by atoms with Gasteiger partial charge in [0.15, 0.2) is 0 Å². The summed E-state index contributed by atoms with van der Waals surface area (Å²) >= 11 is 1.54. The Hall–Kier alpha value is -2.41. The SMILES string of the molecule is Cc1ncsc1CN(Cc1ccccc1)C(=O)CN1CCOC1=O. The van der Waals surface area contributed by atoms with E-state index in [2.05, 4.69) is 4.98 Å². The standard InChI is InChI=1S/C17H19N3O3S/c1-13-15(24-12-18-13)10-20(9-14-5-3-2-4-6-14)16(21)11-19-7-8-23-17(19)22/h2-6,12H,7-11H2,1H3. The summed E-state index contributed by atoms with van der Waals surface area (Å²) in [4.78, 5) is 32.8. The first-order valence-electron chi connectivity index (χ1n) is 7.76. The molecule has 7 heteroatoms. The van der Waals surface area contributed by atoms with Gasteiger partial charge in [0.25, 0.3) is 0 Å². The van der Waals surface area contributed by atoms with Crippen LogP contribution >= 0.6 is 11.3 Å². The molecule has 0 atom stereocenters. The minimum absolute atomic E-state index is 0.0452. The number of carbonyl (C=O) groups excluding carboxylic acids is 2.